The molecule has 3 amide bonds. The Balaban J connectivity index is 1.73. The van der Waals surface area contributed by atoms with Gasteiger partial charge in [-0.05, 0) is 42.5 Å². The van der Waals surface area contributed by atoms with Crippen molar-refractivity contribution in [2.75, 3.05) is 6.54 Å². The van der Waals surface area contributed by atoms with Gasteiger partial charge in [0.2, 0.25) is 0 Å². The summed E-state index contributed by atoms with van der Waals surface area (Å²) in [4.78, 5) is 27.6. The van der Waals surface area contributed by atoms with Crippen molar-refractivity contribution >= 4 is 34.9 Å². The van der Waals surface area contributed by atoms with Gasteiger partial charge in [-0.3, -0.25) is 10.1 Å². The molecule has 0 saturated carbocycles. The van der Waals surface area contributed by atoms with Gasteiger partial charge in [0.05, 0.1) is 16.6 Å². The minimum atomic E-state index is -0.473. The summed E-state index contributed by atoms with van der Waals surface area (Å²) in [6, 6.07) is 8.31. The summed E-state index contributed by atoms with van der Waals surface area (Å²) < 4.78 is 0. The molecule has 0 bridgehead atoms. The average molecular weight is 335 g/mol. The van der Waals surface area contributed by atoms with Crippen LogP contribution in [-0.4, -0.2) is 23.4 Å². The highest BCUT2D eigenvalue weighted by Gasteiger charge is 2.29. The first kappa shape index (κ1) is 15.1. The predicted octanol–water partition coefficient (Wildman–Crippen LogP) is 3.87. The van der Waals surface area contributed by atoms with Gasteiger partial charge >= 0.3 is 6.03 Å². The number of hydrogen-bond donors (Lipinski definition) is 1. The van der Waals surface area contributed by atoms with E-state index in [1.807, 2.05) is 18.4 Å². The Labute approximate surface area is 137 Å². The Hall–Kier alpha value is -1.85. The number of carbonyl (C=O) groups excluding carboxylic acids is 2. The number of thiophene rings is 1. The summed E-state index contributed by atoms with van der Waals surface area (Å²) in [5, 5.41) is 4.80. The van der Waals surface area contributed by atoms with Crippen molar-refractivity contribution in [3.8, 4) is 0 Å². The maximum atomic E-state index is 12.4. The van der Waals surface area contributed by atoms with Crippen molar-refractivity contribution in [3.63, 3.8) is 0 Å². The second-order valence-corrected chi connectivity index (χ2v) is 6.57. The van der Waals surface area contributed by atoms with E-state index >= 15 is 0 Å². The number of nitrogens with one attached hydrogen (secondary N) is 1. The van der Waals surface area contributed by atoms with Gasteiger partial charge in [-0.25, -0.2) is 4.79 Å². The molecule has 6 heteroatoms. The van der Waals surface area contributed by atoms with Gasteiger partial charge in [0.25, 0.3) is 5.91 Å². The normalized spacial score (nSPS) is 17.0. The lowest BCUT2D eigenvalue weighted by atomic mass is 10.0. The largest absolute Gasteiger partial charge is 0.324 e. The van der Waals surface area contributed by atoms with Crippen molar-refractivity contribution in [3.05, 3.63) is 56.7 Å². The molecule has 0 spiro atoms. The topological polar surface area (TPSA) is 49.4 Å². The molecule has 4 nitrogen and oxygen atoms in total. The van der Waals surface area contributed by atoms with Crippen LogP contribution in [0.2, 0.25) is 5.02 Å². The first-order valence-electron chi connectivity index (χ1n) is 7.00. The van der Waals surface area contributed by atoms with Crippen LogP contribution in [-0.2, 0) is 6.42 Å². The number of imide groups is 1. The van der Waals surface area contributed by atoms with Crippen LogP contribution in [0.15, 0.2) is 35.7 Å². The molecular weight excluding hydrogens is 320 g/mol. The average Bonchev–Trinajstić information content (AvgIpc) is 2.97. The lowest BCUT2D eigenvalue weighted by molar-refractivity contribution is 0.0944. The second kappa shape index (κ2) is 6.10. The third-order valence-corrected chi connectivity index (χ3v) is 5.20. The van der Waals surface area contributed by atoms with Crippen molar-refractivity contribution in [2.45, 2.75) is 19.4 Å². The van der Waals surface area contributed by atoms with Crippen LogP contribution >= 0.6 is 22.9 Å². The van der Waals surface area contributed by atoms with E-state index in [4.69, 9.17) is 11.6 Å². The van der Waals surface area contributed by atoms with E-state index in [-0.39, 0.29) is 12.1 Å². The summed E-state index contributed by atoms with van der Waals surface area (Å²) >= 11 is 7.70. The van der Waals surface area contributed by atoms with Crippen molar-refractivity contribution < 1.29 is 9.59 Å². The Morgan fingerprint density at radius 1 is 1.32 bits per heavy atom. The molecule has 0 fully saturated rings. The molecule has 22 heavy (non-hydrogen) atoms. The highest BCUT2D eigenvalue weighted by molar-refractivity contribution is 7.10. The molecular formula is C16H15ClN2O2S. The van der Waals surface area contributed by atoms with Gasteiger partial charge in [-0.2, -0.15) is 0 Å². The molecule has 1 atom stereocenters. The second-order valence-electron chi connectivity index (χ2n) is 5.16. The number of halogens is 1. The molecule has 0 saturated heterocycles. The molecule has 2 aromatic rings. The zero-order valence-electron chi connectivity index (χ0n) is 12.0. The molecule has 0 unspecified atom stereocenters. The number of hydrogen-bond acceptors (Lipinski definition) is 3. The molecule has 0 aliphatic carbocycles. The minimum absolute atomic E-state index is 0.0333. The maximum absolute atomic E-state index is 12.4. The van der Waals surface area contributed by atoms with Crippen molar-refractivity contribution in [1.29, 1.82) is 0 Å². The molecule has 1 aromatic carbocycles. The van der Waals surface area contributed by atoms with E-state index in [9.17, 15) is 9.59 Å². The molecule has 114 valence electrons. The predicted molar refractivity (Wildman–Crippen MR) is 87.5 cm³/mol. The van der Waals surface area contributed by atoms with Gasteiger partial charge in [0, 0.05) is 11.4 Å². The fourth-order valence-corrected chi connectivity index (χ4v) is 3.85. The molecule has 2 heterocycles. The zero-order chi connectivity index (χ0) is 15.7. The van der Waals surface area contributed by atoms with Gasteiger partial charge < -0.3 is 4.90 Å². The summed E-state index contributed by atoms with van der Waals surface area (Å²) in [6.45, 7) is 2.58. The van der Waals surface area contributed by atoms with Crippen LogP contribution in [0.25, 0.3) is 0 Å². The standard InChI is InChI=1S/C16H15ClN2O2S/c1-10-11-7-9-22-14(11)6-8-19(10)16(21)18-15(20)12-4-2-3-5-13(12)17/h2-5,7,9-10H,6,8H2,1H3,(H,18,20,21)/t10-/m0/s1. The first-order valence-corrected chi connectivity index (χ1v) is 8.26. The number of amides is 3. The number of nitrogens with zero attached hydrogens (tertiary/aromatic N) is 1. The van der Waals surface area contributed by atoms with Crippen LogP contribution < -0.4 is 5.32 Å². The van der Waals surface area contributed by atoms with Crippen LogP contribution in [0, 0.1) is 0 Å². The van der Waals surface area contributed by atoms with E-state index < -0.39 is 5.91 Å². The summed E-state index contributed by atoms with van der Waals surface area (Å²) in [7, 11) is 0. The highest BCUT2D eigenvalue weighted by atomic mass is 35.5. The molecule has 1 aliphatic heterocycles. The number of urea groups is 1. The summed E-state index contributed by atoms with van der Waals surface area (Å²) in [6.07, 6.45) is 0.824. The van der Waals surface area contributed by atoms with E-state index in [2.05, 4.69) is 5.32 Å². The molecule has 1 aliphatic rings. The number of fused-ring (bicyclic) bond motifs is 1. The first-order chi connectivity index (χ1) is 10.6. The van der Waals surface area contributed by atoms with Crippen LogP contribution in [0.3, 0.4) is 0 Å². The quantitative estimate of drug-likeness (QED) is 0.860. The summed E-state index contributed by atoms with van der Waals surface area (Å²) in [5.41, 5.74) is 1.47. The van der Waals surface area contributed by atoms with Gasteiger partial charge in [-0.15, -0.1) is 11.3 Å². The Bertz CT molecular complexity index is 728. The third kappa shape index (κ3) is 2.74. The number of benzene rings is 1. The van der Waals surface area contributed by atoms with E-state index in [1.54, 1.807) is 40.5 Å². The molecule has 1 N–H and O–H groups in total. The van der Waals surface area contributed by atoms with E-state index in [0.29, 0.717) is 17.1 Å². The lowest BCUT2D eigenvalue weighted by Crippen LogP contribution is -2.46. The monoisotopic (exact) mass is 334 g/mol. The molecule has 3 rings (SSSR count). The van der Waals surface area contributed by atoms with Crippen LogP contribution in [0.4, 0.5) is 4.79 Å². The Morgan fingerprint density at radius 2 is 2.09 bits per heavy atom. The number of rotatable bonds is 1. The van der Waals surface area contributed by atoms with E-state index in [1.165, 1.54) is 4.88 Å². The molecule has 0 radical (unpaired) electrons. The zero-order valence-corrected chi connectivity index (χ0v) is 13.6. The fraction of sp³-hybridized carbons (Fsp3) is 0.250. The minimum Gasteiger partial charge on any atom is -0.317 e. The van der Waals surface area contributed by atoms with Gasteiger partial charge in [0.1, 0.15) is 0 Å². The van der Waals surface area contributed by atoms with E-state index in [0.717, 1.165) is 12.0 Å². The summed E-state index contributed by atoms with van der Waals surface area (Å²) in [5.74, 6) is -0.473. The Kier molecular flexibility index (Phi) is 4.18. The van der Waals surface area contributed by atoms with Gasteiger partial charge in [-0.1, -0.05) is 23.7 Å². The van der Waals surface area contributed by atoms with Crippen molar-refractivity contribution in [2.24, 2.45) is 0 Å². The fourth-order valence-electron chi connectivity index (χ4n) is 2.67. The van der Waals surface area contributed by atoms with Crippen LogP contribution in [0.1, 0.15) is 33.8 Å². The third-order valence-electron chi connectivity index (χ3n) is 3.88. The van der Waals surface area contributed by atoms with Gasteiger partial charge in [0.15, 0.2) is 0 Å². The lowest BCUT2D eigenvalue weighted by Gasteiger charge is -2.33. The smallest absolute Gasteiger partial charge is 0.317 e. The van der Waals surface area contributed by atoms with Crippen LogP contribution in [0.5, 0.6) is 0 Å². The highest BCUT2D eigenvalue weighted by Crippen LogP contribution is 2.32. The molecule has 1 aromatic heterocycles. The van der Waals surface area contributed by atoms with Crippen molar-refractivity contribution in [1.82, 2.24) is 10.2 Å². The Morgan fingerprint density at radius 3 is 2.86 bits per heavy atom. The SMILES string of the molecule is C[C@H]1c2ccsc2CCN1C(=O)NC(=O)c1ccccc1Cl. The maximum Gasteiger partial charge on any atom is 0.324 e. The number of carbonyl (C=O) groups is 2.